The van der Waals surface area contributed by atoms with E-state index in [1.54, 1.807) is 0 Å². The summed E-state index contributed by atoms with van der Waals surface area (Å²) in [6, 6.07) is 0. The minimum absolute atomic E-state index is 0.964. The fourth-order valence-electron chi connectivity index (χ4n) is 4.11. The van der Waals surface area contributed by atoms with Crippen LogP contribution in [0.5, 0.6) is 0 Å². The van der Waals surface area contributed by atoms with Crippen molar-refractivity contribution in [1.29, 1.82) is 0 Å². The topological polar surface area (TPSA) is 0 Å². The van der Waals surface area contributed by atoms with Gasteiger partial charge < -0.3 is 0 Å². The van der Waals surface area contributed by atoms with Crippen molar-refractivity contribution in [2.45, 2.75) is 71.6 Å². The highest BCUT2D eigenvalue weighted by atomic mass is 14.3. The predicted octanol–water partition coefficient (Wildman–Crippen LogP) is 5.59. The van der Waals surface area contributed by atoms with Gasteiger partial charge in [-0.2, -0.15) is 0 Å². The van der Waals surface area contributed by atoms with E-state index in [4.69, 9.17) is 0 Å². The van der Waals surface area contributed by atoms with Crippen molar-refractivity contribution in [3.63, 3.8) is 0 Å². The first kappa shape index (κ1) is 13.2. The molecule has 0 heterocycles. The lowest BCUT2D eigenvalue weighted by Crippen LogP contribution is -2.25. The molecule has 2 rings (SSSR count). The molecule has 17 heavy (non-hydrogen) atoms. The molecule has 2 fully saturated rings. The lowest BCUT2D eigenvalue weighted by atomic mass is 9.69. The molecule has 0 heteroatoms. The molecule has 0 atom stereocenters. The molecule has 98 valence electrons. The standard InChI is InChI=1S/C17H30/c1-13(2)12-15-6-10-17(11-7-15)16-8-4-14(3)5-9-16/h14-17H,1,4-12H2,2-3H3. The third-order valence-electron chi connectivity index (χ3n) is 5.26. The van der Waals surface area contributed by atoms with E-state index in [1.807, 2.05) is 0 Å². The van der Waals surface area contributed by atoms with Crippen molar-refractivity contribution in [3.8, 4) is 0 Å². The zero-order valence-corrected chi connectivity index (χ0v) is 11.9. The number of allylic oxidation sites excluding steroid dienone is 1. The molecule has 0 unspecified atom stereocenters. The first-order valence-corrected chi connectivity index (χ1v) is 7.79. The summed E-state index contributed by atoms with van der Waals surface area (Å²) < 4.78 is 0. The normalized spacial score (nSPS) is 38.9. The van der Waals surface area contributed by atoms with Crippen molar-refractivity contribution in [1.82, 2.24) is 0 Å². The fourth-order valence-corrected chi connectivity index (χ4v) is 4.11. The van der Waals surface area contributed by atoms with Gasteiger partial charge in [0, 0.05) is 0 Å². The van der Waals surface area contributed by atoms with E-state index in [-0.39, 0.29) is 0 Å². The first-order valence-electron chi connectivity index (χ1n) is 7.79. The van der Waals surface area contributed by atoms with Crippen molar-refractivity contribution >= 4 is 0 Å². The molecule has 0 amide bonds. The fraction of sp³-hybridized carbons (Fsp3) is 0.882. The number of hydrogen-bond acceptors (Lipinski definition) is 0. The Morgan fingerprint density at radius 1 is 0.882 bits per heavy atom. The zero-order valence-electron chi connectivity index (χ0n) is 11.9. The van der Waals surface area contributed by atoms with Gasteiger partial charge in [0.15, 0.2) is 0 Å². The average molecular weight is 234 g/mol. The maximum Gasteiger partial charge on any atom is -0.0297 e. The second kappa shape index (κ2) is 6.07. The molecule has 0 spiro atoms. The molecule has 0 aromatic heterocycles. The lowest BCUT2D eigenvalue weighted by molar-refractivity contribution is 0.150. The average Bonchev–Trinajstić information content (AvgIpc) is 2.30. The van der Waals surface area contributed by atoms with E-state index in [0.717, 1.165) is 23.7 Å². The van der Waals surface area contributed by atoms with Crippen LogP contribution in [0.15, 0.2) is 12.2 Å². The summed E-state index contributed by atoms with van der Waals surface area (Å²) in [4.78, 5) is 0. The molecule has 0 aromatic rings. The highest BCUT2D eigenvalue weighted by Gasteiger charge is 2.29. The van der Waals surface area contributed by atoms with Crippen LogP contribution in [-0.4, -0.2) is 0 Å². The Balaban J connectivity index is 1.73. The third kappa shape index (κ3) is 3.86. The molecule has 0 aromatic carbocycles. The quantitative estimate of drug-likeness (QED) is 0.559. The van der Waals surface area contributed by atoms with Gasteiger partial charge in [-0.1, -0.05) is 25.3 Å². The van der Waals surface area contributed by atoms with Gasteiger partial charge in [0.25, 0.3) is 0 Å². The Morgan fingerprint density at radius 3 is 1.82 bits per heavy atom. The monoisotopic (exact) mass is 234 g/mol. The van der Waals surface area contributed by atoms with Crippen LogP contribution < -0.4 is 0 Å². The summed E-state index contributed by atoms with van der Waals surface area (Å²) in [5.74, 6) is 4.12. The van der Waals surface area contributed by atoms with E-state index in [2.05, 4.69) is 20.4 Å². The van der Waals surface area contributed by atoms with Gasteiger partial charge in [-0.25, -0.2) is 0 Å². The molecule has 0 nitrogen and oxygen atoms in total. The van der Waals surface area contributed by atoms with Crippen molar-refractivity contribution in [2.75, 3.05) is 0 Å². The Morgan fingerprint density at radius 2 is 1.35 bits per heavy atom. The van der Waals surface area contributed by atoms with Crippen LogP contribution in [0.4, 0.5) is 0 Å². The molecule has 0 saturated heterocycles. The summed E-state index contributed by atoms with van der Waals surface area (Å²) in [6.45, 7) is 8.69. The minimum Gasteiger partial charge on any atom is -0.100 e. The van der Waals surface area contributed by atoms with E-state index < -0.39 is 0 Å². The molecule has 0 N–H and O–H groups in total. The van der Waals surface area contributed by atoms with Crippen molar-refractivity contribution in [2.24, 2.45) is 23.7 Å². The third-order valence-corrected chi connectivity index (χ3v) is 5.26. The highest BCUT2D eigenvalue weighted by molar-refractivity contribution is 4.92. The second-order valence-corrected chi connectivity index (χ2v) is 6.96. The molecule has 2 saturated carbocycles. The van der Waals surface area contributed by atoms with Crippen LogP contribution in [0.1, 0.15) is 71.6 Å². The maximum absolute atomic E-state index is 4.07. The largest absolute Gasteiger partial charge is 0.100 e. The molecule has 2 aliphatic carbocycles. The van der Waals surface area contributed by atoms with E-state index in [0.29, 0.717) is 0 Å². The van der Waals surface area contributed by atoms with E-state index >= 15 is 0 Å². The van der Waals surface area contributed by atoms with Crippen LogP contribution in [0, 0.1) is 23.7 Å². The number of hydrogen-bond donors (Lipinski definition) is 0. The maximum atomic E-state index is 4.07. The van der Waals surface area contributed by atoms with Crippen LogP contribution in [0.2, 0.25) is 0 Å². The molecule has 0 radical (unpaired) electrons. The van der Waals surface area contributed by atoms with Crippen LogP contribution in [-0.2, 0) is 0 Å². The second-order valence-electron chi connectivity index (χ2n) is 6.96. The van der Waals surface area contributed by atoms with Gasteiger partial charge in [0.1, 0.15) is 0 Å². The summed E-state index contributed by atoms with van der Waals surface area (Å²) >= 11 is 0. The molecular weight excluding hydrogens is 204 g/mol. The first-order chi connectivity index (χ1) is 8.15. The Hall–Kier alpha value is -0.260. The van der Waals surface area contributed by atoms with Gasteiger partial charge in [-0.15, -0.1) is 6.58 Å². The smallest absolute Gasteiger partial charge is 0.0297 e. The van der Waals surface area contributed by atoms with Crippen molar-refractivity contribution in [3.05, 3.63) is 12.2 Å². The van der Waals surface area contributed by atoms with Gasteiger partial charge >= 0.3 is 0 Å². The summed E-state index contributed by atoms with van der Waals surface area (Å²) in [5.41, 5.74) is 1.39. The van der Waals surface area contributed by atoms with Gasteiger partial charge in [-0.05, 0) is 75.5 Å². The molecular formula is C17H30. The summed E-state index contributed by atoms with van der Waals surface area (Å²) in [6.07, 6.45) is 13.3. The Bertz CT molecular complexity index is 237. The predicted molar refractivity (Wildman–Crippen MR) is 76.0 cm³/mol. The van der Waals surface area contributed by atoms with Crippen LogP contribution in [0.3, 0.4) is 0 Å². The Kier molecular flexibility index (Phi) is 4.70. The van der Waals surface area contributed by atoms with Gasteiger partial charge in [-0.3, -0.25) is 0 Å². The van der Waals surface area contributed by atoms with Crippen molar-refractivity contribution < 1.29 is 0 Å². The Labute approximate surface area is 108 Å². The highest BCUT2D eigenvalue weighted by Crippen LogP contribution is 2.42. The van der Waals surface area contributed by atoms with Gasteiger partial charge in [0.2, 0.25) is 0 Å². The SMILES string of the molecule is C=C(C)CC1CCC(C2CCC(C)CC2)CC1. The van der Waals surface area contributed by atoms with Crippen LogP contribution in [0.25, 0.3) is 0 Å². The van der Waals surface area contributed by atoms with Crippen LogP contribution >= 0.6 is 0 Å². The summed E-state index contributed by atoms with van der Waals surface area (Å²) in [7, 11) is 0. The molecule has 0 bridgehead atoms. The van der Waals surface area contributed by atoms with E-state index in [9.17, 15) is 0 Å². The molecule has 2 aliphatic rings. The number of rotatable bonds is 3. The minimum atomic E-state index is 0.964. The summed E-state index contributed by atoms with van der Waals surface area (Å²) in [5, 5.41) is 0. The van der Waals surface area contributed by atoms with E-state index in [1.165, 1.54) is 63.4 Å². The zero-order chi connectivity index (χ0) is 12.3. The lowest BCUT2D eigenvalue weighted by Gasteiger charge is -2.37. The molecule has 0 aliphatic heterocycles. The van der Waals surface area contributed by atoms with Gasteiger partial charge in [0.05, 0.1) is 0 Å².